The fourth-order valence-corrected chi connectivity index (χ4v) is 4.14. The van der Waals surface area contributed by atoms with E-state index in [9.17, 15) is 4.79 Å². The Hall–Kier alpha value is -2.18. The standard InChI is InChI=1S/C17H24N6O/c1-13-16(11-19-23(13)14-5-2-3-6-14)17(24)22-9-4-7-15(22)12-21-10-8-18-20-21/h8,10-11,14-15H,2-7,9,12H2,1H3/t15-/m0/s1. The van der Waals surface area contributed by atoms with E-state index in [4.69, 9.17) is 0 Å². The van der Waals surface area contributed by atoms with Gasteiger partial charge in [0.1, 0.15) is 0 Å². The quantitative estimate of drug-likeness (QED) is 0.863. The second kappa shape index (κ2) is 6.37. The van der Waals surface area contributed by atoms with Gasteiger partial charge in [0.2, 0.25) is 0 Å². The van der Waals surface area contributed by atoms with Crippen LogP contribution in [0.4, 0.5) is 0 Å². The maximum Gasteiger partial charge on any atom is 0.257 e. The van der Waals surface area contributed by atoms with Gasteiger partial charge in [-0.15, -0.1) is 5.10 Å². The van der Waals surface area contributed by atoms with Crippen LogP contribution in [0, 0.1) is 6.92 Å². The van der Waals surface area contributed by atoms with Gasteiger partial charge in [-0.3, -0.25) is 14.2 Å². The van der Waals surface area contributed by atoms with E-state index >= 15 is 0 Å². The molecule has 1 amide bonds. The van der Waals surface area contributed by atoms with Crippen LogP contribution in [0.15, 0.2) is 18.6 Å². The normalized spacial score (nSPS) is 21.7. The number of amides is 1. The molecule has 7 nitrogen and oxygen atoms in total. The summed E-state index contributed by atoms with van der Waals surface area (Å²) in [5, 5.41) is 12.4. The summed E-state index contributed by atoms with van der Waals surface area (Å²) < 4.78 is 3.88. The van der Waals surface area contributed by atoms with Crippen molar-refractivity contribution < 1.29 is 4.79 Å². The lowest BCUT2D eigenvalue weighted by Crippen LogP contribution is -2.38. The van der Waals surface area contributed by atoms with E-state index in [1.165, 1.54) is 25.7 Å². The minimum atomic E-state index is 0.111. The first-order valence-electron chi connectivity index (χ1n) is 8.93. The van der Waals surface area contributed by atoms with Gasteiger partial charge in [-0.05, 0) is 32.6 Å². The van der Waals surface area contributed by atoms with E-state index in [0.717, 1.165) is 30.6 Å². The van der Waals surface area contributed by atoms with Crippen molar-refractivity contribution in [2.24, 2.45) is 0 Å². The molecule has 0 aromatic carbocycles. The fraction of sp³-hybridized carbons (Fsp3) is 0.647. The average molecular weight is 328 g/mol. The van der Waals surface area contributed by atoms with E-state index in [-0.39, 0.29) is 11.9 Å². The summed E-state index contributed by atoms with van der Waals surface area (Å²) in [6, 6.07) is 0.657. The van der Waals surface area contributed by atoms with Gasteiger partial charge < -0.3 is 4.90 Å². The van der Waals surface area contributed by atoms with Crippen LogP contribution in [0.3, 0.4) is 0 Å². The zero-order valence-corrected chi connectivity index (χ0v) is 14.1. The molecule has 2 fully saturated rings. The molecule has 128 valence electrons. The van der Waals surface area contributed by atoms with Crippen LogP contribution in [-0.2, 0) is 6.54 Å². The van der Waals surface area contributed by atoms with Gasteiger partial charge in [0.25, 0.3) is 5.91 Å². The van der Waals surface area contributed by atoms with Crippen molar-refractivity contribution in [2.45, 2.75) is 64.1 Å². The van der Waals surface area contributed by atoms with Gasteiger partial charge in [0, 0.05) is 18.4 Å². The molecule has 7 heteroatoms. The molecule has 0 unspecified atom stereocenters. The van der Waals surface area contributed by atoms with Gasteiger partial charge in [0.05, 0.1) is 36.6 Å². The summed E-state index contributed by atoms with van der Waals surface area (Å²) >= 11 is 0. The summed E-state index contributed by atoms with van der Waals surface area (Å²) in [5.74, 6) is 0.111. The molecular formula is C17H24N6O. The maximum absolute atomic E-state index is 13.1. The fourth-order valence-electron chi connectivity index (χ4n) is 4.14. The summed E-state index contributed by atoms with van der Waals surface area (Å²) in [4.78, 5) is 15.1. The molecule has 0 N–H and O–H groups in total. The Morgan fingerprint density at radius 3 is 2.83 bits per heavy atom. The van der Waals surface area contributed by atoms with Gasteiger partial charge in [-0.25, -0.2) is 0 Å². The first-order chi connectivity index (χ1) is 11.7. The highest BCUT2D eigenvalue weighted by Gasteiger charge is 2.32. The predicted molar refractivity (Wildman–Crippen MR) is 88.5 cm³/mol. The lowest BCUT2D eigenvalue weighted by Gasteiger charge is -2.24. The average Bonchev–Trinajstić information content (AvgIpc) is 3.35. The van der Waals surface area contributed by atoms with Crippen LogP contribution in [-0.4, -0.2) is 48.2 Å². The molecule has 24 heavy (non-hydrogen) atoms. The molecule has 1 aliphatic heterocycles. The van der Waals surface area contributed by atoms with E-state index in [1.807, 2.05) is 22.7 Å². The number of carbonyl (C=O) groups excluding carboxylic acids is 1. The molecule has 4 rings (SSSR count). The summed E-state index contributed by atoms with van der Waals surface area (Å²) in [5.41, 5.74) is 1.77. The Bertz CT molecular complexity index is 701. The van der Waals surface area contributed by atoms with E-state index in [1.54, 1.807) is 12.4 Å². The number of rotatable bonds is 4. The first-order valence-corrected chi connectivity index (χ1v) is 8.93. The highest BCUT2D eigenvalue weighted by Crippen LogP contribution is 2.31. The predicted octanol–water partition coefficient (Wildman–Crippen LogP) is 2.20. The van der Waals surface area contributed by atoms with Crippen LogP contribution in [0.2, 0.25) is 0 Å². The summed E-state index contributed by atoms with van der Waals surface area (Å²) in [6.07, 6.45) is 12.2. The molecule has 2 aromatic heterocycles. The zero-order chi connectivity index (χ0) is 16.5. The maximum atomic E-state index is 13.1. The third-order valence-corrected chi connectivity index (χ3v) is 5.45. The molecule has 1 saturated carbocycles. The Labute approximate surface area is 141 Å². The van der Waals surface area contributed by atoms with Crippen molar-refractivity contribution in [3.8, 4) is 0 Å². The lowest BCUT2D eigenvalue weighted by atomic mass is 10.1. The van der Waals surface area contributed by atoms with Crippen LogP contribution < -0.4 is 0 Å². The molecule has 1 aliphatic carbocycles. The highest BCUT2D eigenvalue weighted by molar-refractivity contribution is 5.95. The van der Waals surface area contributed by atoms with Gasteiger partial charge in [-0.1, -0.05) is 18.1 Å². The SMILES string of the molecule is Cc1c(C(=O)N2CCC[C@H]2Cn2ccnn2)cnn1C1CCCC1. The molecule has 2 aromatic rings. The largest absolute Gasteiger partial charge is 0.334 e. The van der Waals surface area contributed by atoms with Crippen LogP contribution >= 0.6 is 0 Å². The van der Waals surface area contributed by atoms with Gasteiger partial charge >= 0.3 is 0 Å². The minimum absolute atomic E-state index is 0.111. The monoisotopic (exact) mass is 328 g/mol. The topological polar surface area (TPSA) is 68.8 Å². The molecule has 1 atom stereocenters. The van der Waals surface area contributed by atoms with Crippen LogP contribution in [0.1, 0.15) is 60.6 Å². The number of nitrogens with zero attached hydrogens (tertiary/aromatic N) is 6. The number of hydrogen-bond acceptors (Lipinski definition) is 4. The molecule has 1 saturated heterocycles. The van der Waals surface area contributed by atoms with Crippen LogP contribution in [0.5, 0.6) is 0 Å². The van der Waals surface area contributed by atoms with Crippen molar-refractivity contribution >= 4 is 5.91 Å². The molecule has 0 bridgehead atoms. The van der Waals surface area contributed by atoms with E-state index < -0.39 is 0 Å². The zero-order valence-electron chi connectivity index (χ0n) is 14.1. The van der Waals surface area contributed by atoms with Crippen molar-refractivity contribution in [2.75, 3.05) is 6.54 Å². The highest BCUT2D eigenvalue weighted by atomic mass is 16.2. The third-order valence-electron chi connectivity index (χ3n) is 5.45. The Kier molecular flexibility index (Phi) is 4.08. The van der Waals surface area contributed by atoms with Crippen molar-refractivity contribution in [1.82, 2.24) is 29.7 Å². The van der Waals surface area contributed by atoms with Crippen LogP contribution in [0.25, 0.3) is 0 Å². The number of hydrogen-bond donors (Lipinski definition) is 0. The minimum Gasteiger partial charge on any atom is -0.334 e. The smallest absolute Gasteiger partial charge is 0.257 e. The van der Waals surface area contributed by atoms with Gasteiger partial charge in [0.15, 0.2) is 0 Å². The van der Waals surface area contributed by atoms with Crippen molar-refractivity contribution in [3.63, 3.8) is 0 Å². The summed E-state index contributed by atoms with van der Waals surface area (Å²) in [6.45, 7) is 3.55. The Morgan fingerprint density at radius 1 is 1.25 bits per heavy atom. The van der Waals surface area contributed by atoms with Crippen molar-refractivity contribution in [1.29, 1.82) is 0 Å². The third kappa shape index (κ3) is 2.72. The number of carbonyl (C=O) groups is 1. The Morgan fingerprint density at radius 2 is 2.08 bits per heavy atom. The second-order valence-corrected chi connectivity index (χ2v) is 6.95. The van der Waals surface area contributed by atoms with Crippen molar-refractivity contribution in [3.05, 3.63) is 29.8 Å². The molecule has 0 radical (unpaired) electrons. The first kappa shape index (κ1) is 15.4. The number of aromatic nitrogens is 5. The second-order valence-electron chi connectivity index (χ2n) is 6.95. The number of likely N-dealkylation sites (tertiary alicyclic amines) is 1. The summed E-state index contributed by atoms with van der Waals surface area (Å²) in [7, 11) is 0. The molecule has 3 heterocycles. The lowest BCUT2D eigenvalue weighted by molar-refractivity contribution is 0.0720. The van der Waals surface area contributed by atoms with E-state index in [0.29, 0.717) is 12.6 Å². The van der Waals surface area contributed by atoms with E-state index in [2.05, 4.69) is 20.1 Å². The molecular weight excluding hydrogens is 304 g/mol. The molecule has 0 spiro atoms. The van der Waals surface area contributed by atoms with Gasteiger partial charge in [-0.2, -0.15) is 5.10 Å². The Balaban J connectivity index is 1.52. The molecule has 2 aliphatic rings.